The van der Waals surface area contributed by atoms with Gasteiger partial charge in [0.05, 0.1) is 12.2 Å². The fourth-order valence-corrected chi connectivity index (χ4v) is 2.04. The number of nitrogens with zero attached hydrogens (tertiary/aromatic N) is 1. The number of amides is 1. The number of phenols is 1. The van der Waals surface area contributed by atoms with E-state index in [1.807, 2.05) is 0 Å². The van der Waals surface area contributed by atoms with Gasteiger partial charge < -0.3 is 15.2 Å². The first kappa shape index (κ1) is 16.5. The zero-order valence-corrected chi connectivity index (χ0v) is 12.7. The average Bonchev–Trinajstić information content (AvgIpc) is 2.57. The Labute approximate surface area is 134 Å². The minimum Gasteiger partial charge on any atom is -0.508 e. The SMILES string of the molecule is CCOC(=O)[C@@H](Cc1ccc(O)cc1)NC(=O)c1cccnc1. The van der Waals surface area contributed by atoms with Crippen molar-refractivity contribution in [2.75, 3.05) is 6.61 Å². The minimum atomic E-state index is -0.813. The maximum absolute atomic E-state index is 12.2. The van der Waals surface area contributed by atoms with Gasteiger partial charge in [0, 0.05) is 18.8 Å². The molecule has 2 rings (SSSR count). The van der Waals surface area contributed by atoms with Crippen molar-refractivity contribution in [2.45, 2.75) is 19.4 Å². The topological polar surface area (TPSA) is 88.5 Å². The van der Waals surface area contributed by atoms with Crippen molar-refractivity contribution in [1.82, 2.24) is 10.3 Å². The van der Waals surface area contributed by atoms with Crippen LogP contribution in [-0.4, -0.2) is 34.6 Å². The summed E-state index contributed by atoms with van der Waals surface area (Å²) >= 11 is 0. The smallest absolute Gasteiger partial charge is 0.328 e. The molecule has 0 unspecified atom stereocenters. The molecule has 6 heteroatoms. The Kier molecular flexibility index (Phi) is 5.68. The molecule has 1 heterocycles. The molecular weight excluding hydrogens is 296 g/mol. The molecular formula is C17H18N2O4. The zero-order chi connectivity index (χ0) is 16.7. The number of hydrogen-bond acceptors (Lipinski definition) is 5. The molecule has 2 N–H and O–H groups in total. The number of nitrogens with one attached hydrogen (secondary N) is 1. The first-order valence-corrected chi connectivity index (χ1v) is 7.25. The van der Waals surface area contributed by atoms with Crippen LogP contribution in [-0.2, 0) is 16.0 Å². The van der Waals surface area contributed by atoms with Crippen molar-refractivity contribution >= 4 is 11.9 Å². The third-order valence-corrected chi connectivity index (χ3v) is 3.18. The highest BCUT2D eigenvalue weighted by Crippen LogP contribution is 2.12. The van der Waals surface area contributed by atoms with Crippen molar-refractivity contribution in [2.24, 2.45) is 0 Å². The fourth-order valence-electron chi connectivity index (χ4n) is 2.04. The molecule has 0 bridgehead atoms. The van der Waals surface area contributed by atoms with Crippen LogP contribution in [0.25, 0.3) is 0 Å². The maximum atomic E-state index is 12.2. The highest BCUT2D eigenvalue weighted by Gasteiger charge is 2.23. The van der Waals surface area contributed by atoms with E-state index in [-0.39, 0.29) is 18.8 Å². The molecule has 0 saturated heterocycles. The summed E-state index contributed by atoms with van der Waals surface area (Å²) in [4.78, 5) is 28.2. The lowest BCUT2D eigenvalue weighted by molar-refractivity contribution is -0.145. The predicted octanol–water partition coefficient (Wildman–Crippen LogP) is 1.69. The van der Waals surface area contributed by atoms with Gasteiger partial charge in [-0.25, -0.2) is 4.79 Å². The Morgan fingerprint density at radius 1 is 1.26 bits per heavy atom. The second kappa shape index (κ2) is 7.93. The van der Waals surface area contributed by atoms with Crippen LogP contribution in [0.3, 0.4) is 0 Å². The van der Waals surface area contributed by atoms with Gasteiger partial charge in [0.25, 0.3) is 5.91 Å². The van der Waals surface area contributed by atoms with Crippen molar-refractivity contribution in [3.05, 3.63) is 59.9 Å². The van der Waals surface area contributed by atoms with E-state index in [0.717, 1.165) is 5.56 Å². The predicted molar refractivity (Wildman–Crippen MR) is 83.9 cm³/mol. The number of aromatic nitrogens is 1. The third kappa shape index (κ3) is 4.81. The van der Waals surface area contributed by atoms with Crippen molar-refractivity contribution in [3.8, 4) is 5.75 Å². The van der Waals surface area contributed by atoms with E-state index < -0.39 is 17.9 Å². The molecule has 0 aliphatic carbocycles. The standard InChI is InChI=1S/C17H18N2O4/c1-2-23-17(22)15(10-12-5-7-14(20)8-6-12)19-16(21)13-4-3-9-18-11-13/h3-9,11,15,20H,2,10H2,1H3,(H,19,21)/t15-/m1/s1. The lowest BCUT2D eigenvalue weighted by Gasteiger charge is -2.17. The molecule has 0 saturated carbocycles. The number of pyridine rings is 1. The van der Waals surface area contributed by atoms with Crippen LogP contribution < -0.4 is 5.32 Å². The Balaban J connectivity index is 2.12. The number of benzene rings is 1. The summed E-state index contributed by atoms with van der Waals surface area (Å²) in [5.74, 6) is -0.756. The van der Waals surface area contributed by atoms with E-state index in [0.29, 0.717) is 5.56 Å². The number of ether oxygens (including phenoxy) is 1. The van der Waals surface area contributed by atoms with Crippen LogP contribution in [0, 0.1) is 0 Å². The maximum Gasteiger partial charge on any atom is 0.328 e. The fraction of sp³-hybridized carbons (Fsp3) is 0.235. The summed E-state index contributed by atoms with van der Waals surface area (Å²) in [5.41, 5.74) is 1.17. The molecule has 1 amide bonds. The average molecular weight is 314 g/mol. The second-order valence-corrected chi connectivity index (χ2v) is 4.89. The van der Waals surface area contributed by atoms with Crippen LogP contribution >= 0.6 is 0 Å². The molecule has 0 spiro atoms. The summed E-state index contributed by atoms with van der Waals surface area (Å²) in [7, 11) is 0. The van der Waals surface area contributed by atoms with E-state index in [1.54, 1.807) is 37.4 Å². The molecule has 1 aromatic heterocycles. The Morgan fingerprint density at radius 3 is 2.61 bits per heavy atom. The first-order valence-electron chi connectivity index (χ1n) is 7.25. The lowest BCUT2D eigenvalue weighted by atomic mass is 10.1. The van der Waals surface area contributed by atoms with Crippen LogP contribution in [0.2, 0.25) is 0 Å². The molecule has 1 aromatic carbocycles. The van der Waals surface area contributed by atoms with E-state index in [2.05, 4.69) is 10.3 Å². The molecule has 6 nitrogen and oxygen atoms in total. The number of hydrogen-bond donors (Lipinski definition) is 2. The third-order valence-electron chi connectivity index (χ3n) is 3.18. The van der Waals surface area contributed by atoms with Crippen molar-refractivity contribution in [1.29, 1.82) is 0 Å². The summed E-state index contributed by atoms with van der Waals surface area (Å²) in [5, 5.41) is 12.0. The van der Waals surface area contributed by atoms with Gasteiger partial charge in [-0.1, -0.05) is 12.1 Å². The highest BCUT2D eigenvalue weighted by atomic mass is 16.5. The normalized spacial score (nSPS) is 11.5. The van der Waals surface area contributed by atoms with Gasteiger partial charge in [0.2, 0.25) is 0 Å². The molecule has 0 fully saturated rings. The van der Waals surface area contributed by atoms with Gasteiger partial charge >= 0.3 is 5.97 Å². The summed E-state index contributed by atoms with van der Waals surface area (Å²) < 4.78 is 5.02. The van der Waals surface area contributed by atoms with Crippen molar-refractivity contribution < 1.29 is 19.4 Å². The first-order chi connectivity index (χ1) is 11.1. The number of phenolic OH excluding ortho intramolecular Hbond substituents is 1. The number of esters is 1. The van der Waals surface area contributed by atoms with Crippen LogP contribution in [0.5, 0.6) is 5.75 Å². The number of carbonyl (C=O) groups excluding carboxylic acids is 2. The molecule has 1 atom stereocenters. The Hall–Kier alpha value is -2.89. The molecule has 120 valence electrons. The second-order valence-electron chi connectivity index (χ2n) is 4.89. The molecule has 2 aromatic rings. The van der Waals surface area contributed by atoms with Gasteiger partial charge in [-0.2, -0.15) is 0 Å². The molecule has 0 radical (unpaired) electrons. The molecule has 0 aliphatic rings. The summed E-state index contributed by atoms with van der Waals surface area (Å²) in [6.45, 7) is 1.94. The number of carbonyl (C=O) groups is 2. The number of rotatable bonds is 6. The zero-order valence-electron chi connectivity index (χ0n) is 12.7. The van der Waals surface area contributed by atoms with Crippen LogP contribution in [0.15, 0.2) is 48.8 Å². The van der Waals surface area contributed by atoms with Gasteiger partial charge in [-0.3, -0.25) is 9.78 Å². The van der Waals surface area contributed by atoms with Gasteiger partial charge in [0.1, 0.15) is 11.8 Å². The quantitative estimate of drug-likeness (QED) is 0.792. The van der Waals surface area contributed by atoms with Crippen LogP contribution in [0.4, 0.5) is 0 Å². The van der Waals surface area contributed by atoms with Gasteiger partial charge in [-0.05, 0) is 36.8 Å². The van der Waals surface area contributed by atoms with Crippen LogP contribution in [0.1, 0.15) is 22.8 Å². The largest absolute Gasteiger partial charge is 0.508 e. The summed E-state index contributed by atoms with van der Waals surface area (Å²) in [6.07, 6.45) is 3.26. The Morgan fingerprint density at radius 2 is 2.00 bits per heavy atom. The number of aromatic hydroxyl groups is 1. The molecule has 0 aliphatic heterocycles. The van der Waals surface area contributed by atoms with Gasteiger partial charge in [0.15, 0.2) is 0 Å². The lowest BCUT2D eigenvalue weighted by Crippen LogP contribution is -2.43. The van der Waals surface area contributed by atoms with E-state index in [4.69, 9.17) is 4.74 Å². The van der Waals surface area contributed by atoms with E-state index in [1.165, 1.54) is 18.3 Å². The van der Waals surface area contributed by atoms with E-state index >= 15 is 0 Å². The summed E-state index contributed by atoms with van der Waals surface area (Å²) in [6, 6.07) is 8.89. The monoisotopic (exact) mass is 314 g/mol. The molecule has 23 heavy (non-hydrogen) atoms. The highest BCUT2D eigenvalue weighted by molar-refractivity contribution is 5.96. The minimum absolute atomic E-state index is 0.140. The Bertz CT molecular complexity index is 656. The van der Waals surface area contributed by atoms with E-state index in [9.17, 15) is 14.7 Å². The van der Waals surface area contributed by atoms with Gasteiger partial charge in [-0.15, -0.1) is 0 Å². The van der Waals surface area contributed by atoms with Crippen molar-refractivity contribution in [3.63, 3.8) is 0 Å².